The minimum Gasteiger partial charge on any atom is -0.508 e. The molecule has 0 aliphatic rings. The maximum atomic E-state index is 10.6. The highest BCUT2D eigenvalue weighted by Crippen LogP contribution is 2.20. The Kier molecular flexibility index (Phi) is 3.50. The predicted octanol–water partition coefficient (Wildman–Crippen LogP) is 0.788. The lowest BCUT2D eigenvalue weighted by Gasteiger charge is -1.99. The van der Waals surface area contributed by atoms with E-state index in [4.69, 9.17) is 5.11 Å². The maximum absolute atomic E-state index is 10.6. The molecule has 0 aromatic heterocycles. The first-order valence-corrected chi connectivity index (χ1v) is 4.02. The van der Waals surface area contributed by atoms with Crippen LogP contribution in [0.15, 0.2) is 23.3 Å². The summed E-state index contributed by atoms with van der Waals surface area (Å²) in [6.45, 7) is 0. The largest absolute Gasteiger partial charge is 0.508 e. The molecule has 0 aliphatic carbocycles. The minimum atomic E-state index is -0.704. The molecule has 1 aromatic carbocycles. The number of hydrogen-bond donors (Lipinski definition) is 3. The second kappa shape index (κ2) is 4.85. The van der Waals surface area contributed by atoms with Crippen LogP contribution in [0.25, 0.3) is 0 Å². The third-order valence-electron chi connectivity index (χ3n) is 1.56. The Bertz CT molecular complexity index is 390. The van der Waals surface area contributed by atoms with Crippen LogP contribution in [0, 0.1) is 0 Å². The van der Waals surface area contributed by atoms with E-state index in [0.29, 0.717) is 5.56 Å². The summed E-state index contributed by atoms with van der Waals surface area (Å²) in [5.74, 6) is -0.184. The van der Waals surface area contributed by atoms with E-state index < -0.39 is 6.09 Å². The van der Waals surface area contributed by atoms with Crippen molar-refractivity contribution in [3.05, 3.63) is 23.8 Å². The number of carbonyl (C=O) groups excluding carboxylic acids is 1. The molecule has 0 radical (unpaired) electrons. The van der Waals surface area contributed by atoms with E-state index in [2.05, 4.69) is 15.3 Å². The van der Waals surface area contributed by atoms with Gasteiger partial charge >= 0.3 is 6.09 Å². The van der Waals surface area contributed by atoms with Crippen LogP contribution >= 0.6 is 0 Å². The molecule has 80 valence electrons. The number of hydrogen-bond acceptors (Lipinski definition) is 5. The molecule has 0 saturated carbocycles. The molecule has 1 aromatic rings. The number of benzene rings is 1. The summed E-state index contributed by atoms with van der Waals surface area (Å²) < 4.78 is 4.27. The lowest BCUT2D eigenvalue weighted by molar-refractivity contribution is 0.171. The smallest absolute Gasteiger partial charge is 0.427 e. The first-order valence-electron chi connectivity index (χ1n) is 4.02. The van der Waals surface area contributed by atoms with E-state index in [1.54, 1.807) is 0 Å². The van der Waals surface area contributed by atoms with Crippen molar-refractivity contribution in [3.8, 4) is 11.5 Å². The fourth-order valence-corrected chi connectivity index (χ4v) is 0.841. The summed E-state index contributed by atoms with van der Waals surface area (Å²) in [5.41, 5.74) is 2.42. The zero-order valence-electron chi connectivity index (χ0n) is 7.97. The van der Waals surface area contributed by atoms with Crippen LogP contribution in [-0.4, -0.2) is 29.6 Å². The molecular formula is C9H10N2O4. The second-order valence-electron chi connectivity index (χ2n) is 2.60. The Balaban J connectivity index is 2.68. The molecule has 0 atom stereocenters. The molecule has 0 aliphatic heterocycles. The van der Waals surface area contributed by atoms with Crippen LogP contribution in [0.4, 0.5) is 4.79 Å². The van der Waals surface area contributed by atoms with Gasteiger partial charge in [-0.1, -0.05) is 0 Å². The molecule has 0 spiro atoms. The fraction of sp³-hybridized carbons (Fsp3) is 0.111. The van der Waals surface area contributed by atoms with E-state index in [1.807, 2.05) is 0 Å². The fourth-order valence-electron chi connectivity index (χ4n) is 0.841. The molecule has 6 heteroatoms. The molecule has 15 heavy (non-hydrogen) atoms. The lowest BCUT2D eigenvalue weighted by atomic mass is 10.2. The van der Waals surface area contributed by atoms with E-state index in [0.717, 1.165) is 0 Å². The van der Waals surface area contributed by atoms with Gasteiger partial charge in [0.05, 0.1) is 13.3 Å². The standard InChI is InChI=1S/C9H10N2O4/c1-15-9(14)11-10-5-6-2-3-7(12)4-8(6)13/h2-5,12-13H,1H3,(H,11,14). The van der Waals surface area contributed by atoms with Crippen molar-refractivity contribution in [1.29, 1.82) is 0 Å². The molecule has 0 saturated heterocycles. The zero-order chi connectivity index (χ0) is 11.3. The number of rotatable bonds is 2. The zero-order valence-corrected chi connectivity index (χ0v) is 7.97. The number of phenols is 2. The Hall–Kier alpha value is -2.24. The van der Waals surface area contributed by atoms with Gasteiger partial charge in [-0.2, -0.15) is 5.10 Å². The number of nitrogens with one attached hydrogen (secondary N) is 1. The molecular weight excluding hydrogens is 200 g/mol. The average Bonchev–Trinajstić information content (AvgIpc) is 2.21. The number of methoxy groups -OCH3 is 1. The Morgan fingerprint density at radius 2 is 2.27 bits per heavy atom. The molecule has 0 unspecified atom stereocenters. The Morgan fingerprint density at radius 1 is 1.53 bits per heavy atom. The summed E-state index contributed by atoms with van der Waals surface area (Å²) in [6, 6.07) is 4.01. The summed E-state index contributed by atoms with van der Waals surface area (Å²) >= 11 is 0. The molecule has 1 amide bonds. The van der Waals surface area contributed by atoms with Crippen molar-refractivity contribution in [2.45, 2.75) is 0 Å². The number of carbonyl (C=O) groups is 1. The molecule has 3 N–H and O–H groups in total. The van der Waals surface area contributed by atoms with Crippen molar-refractivity contribution in [3.63, 3.8) is 0 Å². The van der Waals surface area contributed by atoms with Crippen molar-refractivity contribution >= 4 is 12.3 Å². The third-order valence-corrected chi connectivity index (χ3v) is 1.56. The maximum Gasteiger partial charge on any atom is 0.427 e. The first-order chi connectivity index (χ1) is 7.13. The first kappa shape index (κ1) is 10.8. The molecule has 1 rings (SSSR count). The van der Waals surface area contributed by atoms with Gasteiger partial charge in [-0.05, 0) is 12.1 Å². The van der Waals surface area contributed by atoms with E-state index in [-0.39, 0.29) is 11.5 Å². The van der Waals surface area contributed by atoms with Gasteiger partial charge in [0.1, 0.15) is 11.5 Å². The van der Waals surface area contributed by atoms with Gasteiger partial charge in [-0.3, -0.25) is 0 Å². The number of nitrogens with zero attached hydrogens (tertiary/aromatic N) is 1. The molecule has 0 bridgehead atoms. The quantitative estimate of drug-likeness (QED) is 0.497. The minimum absolute atomic E-state index is 0.0504. The number of ether oxygens (including phenoxy) is 1. The van der Waals surface area contributed by atoms with Crippen molar-refractivity contribution in [2.75, 3.05) is 7.11 Å². The second-order valence-corrected chi connectivity index (χ2v) is 2.60. The van der Waals surface area contributed by atoms with Gasteiger partial charge in [-0.25, -0.2) is 10.2 Å². The number of amides is 1. The van der Waals surface area contributed by atoms with Gasteiger partial charge in [0.25, 0.3) is 0 Å². The van der Waals surface area contributed by atoms with E-state index >= 15 is 0 Å². The van der Waals surface area contributed by atoms with Crippen LogP contribution in [0.3, 0.4) is 0 Å². The molecule has 0 fully saturated rings. The van der Waals surface area contributed by atoms with Gasteiger partial charge in [-0.15, -0.1) is 0 Å². The summed E-state index contributed by atoms with van der Waals surface area (Å²) in [4.78, 5) is 10.6. The highest BCUT2D eigenvalue weighted by Gasteiger charge is 1.99. The van der Waals surface area contributed by atoms with Crippen LogP contribution < -0.4 is 5.43 Å². The monoisotopic (exact) mass is 210 g/mol. The third kappa shape index (κ3) is 3.18. The van der Waals surface area contributed by atoms with Gasteiger partial charge < -0.3 is 14.9 Å². The van der Waals surface area contributed by atoms with Crippen molar-refractivity contribution in [2.24, 2.45) is 5.10 Å². The van der Waals surface area contributed by atoms with Gasteiger partial charge in [0.15, 0.2) is 0 Å². The number of hydrazone groups is 1. The van der Waals surface area contributed by atoms with Gasteiger partial charge in [0, 0.05) is 11.6 Å². The number of phenolic OH excluding ortho intramolecular Hbond substituents is 2. The predicted molar refractivity (Wildman–Crippen MR) is 52.9 cm³/mol. The summed E-state index contributed by atoms with van der Waals surface area (Å²) in [7, 11) is 1.21. The average molecular weight is 210 g/mol. The number of aromatic hydroxyl groups is 2. The summed E-state index contributed by atoms with van der Waals surface area (Å²) in [6.07, 6.45) is 0.524. The summed E-state index contributed by atoms with van der Waals surface area (Å²) in [5, 5.41) is 21.8. The molecule has 0 heterocycles. The molecule has 6 nitrogen and oxygen atoms in total. The van der Waals surface area contributed by atoms with Crippen LogP contribution in [0.5, 0.6) is 11.5 Å². The van der Waals surface area contributed by atoms with Crippen LogP contribution in [-0.2, 0) is 4.74 Å². The topological polar surface area (TPSA) is 91.2 Å². The SMILES string of the molecule is COC(=O)NN=Cc1ccc(O)cc1O. The van der Waals surface area contributed by atoms with E-state index in [1.165, 1.54) is 31.5 Å². The highest BCUT2D eigenvalue weighted by molar-refractivity contribution is 5.84. The van der Waals surface area contributed by atoms with E-state index in [9.17, 15) is 9.90 Å². The highest BCUT2D eigenvalue weighted by atomic mass is 16.5. The lowest BCUT2D eigenvalue weighted by Crippen LogP contribution is -2.16. The Labute approximate surface area is 85.8 Å². The van der Waals surface area contributed by atoms with Crippen LogP contribution in [0.2, 0.25) is 0 Å². The normalized spacial score (nSPS) is 10.2. The van der Waals surface area contributed by atoms with Crippen molar-refractivity contribution in [1.82, 2.24) is 5.43 Å². The van der Waals surface area contributed by atoms with Crippen molar-refractivity contribution < 1.29 is 19.7 Å². The van der Waals surface area contributed by atoms with Crippen LogP contribution in [0.1, 0.15) is 5.56 Å². The Morgan fingerprint density at radius 3 is 2.87 bits per heavy atom. The van der Waals surface area contributed by atoms with Gasteiger partial charge in [0.2, 0.25) is 0 Å².